The Kier molecular flexibility index (Phi) is 6.48. The maximum Gasteiger partial charge on any atom is 0.417 e. The molecule has 0 saturated carbocycles. The monoisotopic (exact) mass is 430 g/mol. The first-order valence-electron chi connectivity index (χ1n) is 10.1. The molecule has 2 heterocycles. The Hall–Kier alpha value is -3.16. The van der Waals surface area contributed by atoms with E-state index in [2.05, 4.69) is 22.3 Å². The summed E-state index contributed by atoms with van der Waals surface area (Å²) in [6, 6.07) is 10.2. The number of halogens is 3. The van der Waals surface area contributed by atoms with E-state index < -0.39 is 11.7 Å². The third-order valence-corrected chi connectivity index (χ3v) is 5.34. The van der Waals surface area contributed by atoms with E-state index in [0.717, 1.165) is 29.8 Å². The molecule has 1 amide bonds. The van der Waals surface area contributed by atoms with Crippen LogP contribution in [0.15, 0.2) is 42.6 Å². The van der Waals surface area contributed by atoms with Gasteiger partial charge in [0.05, 0.1) is 23.7 Å². The molecule has 1 aromatic carbocycles. The van der Waals surface area contributed by atoms with E-state index in [-0.39, 0.29) is 24.2 Å². The molecule has 0 aliphatic rings. The molecule has 31 heavy (non-hydrogen) atoms. The van der Waals surface area contributed by atoms with Gasteiger partial charge in [-0.1, -0.05) is 31.2 Å². The summed E-state index contributed by atoms with van der Waals surface area (Å²) in [5.74, 6) is 0.114. The van der Waals surface area contributed by atoms with Crippen molar-refractivity contribution >= 4 is 5.91 Å². The van der Waals surface area contributed by atoms with Crippen LogP contribution in [0.3, 0.4) is 0 Å². The number of alkyl halides is 3. The van der Waals surface area contributed by atoms with Gasteiger partial charge in [-0.05, 0) is 50.5 Å². The lowest BCUT2D eigenvalue weighted by molar-refractivity contribution is -0.137. The highest BCUT2D eigenvalue weighted by Gasteiger charge is 2.31. The quantitative estimate of drug-likeness (QED) is 0.606. The molecule has 164 valence electrons. The first-order valence-corrected chi connectivity index (χ1v) is 10.1. The third-order valence-electron chi connectivity index (χ3n) is 5.34. The summed E-state index contributed by atoms with van der Waals surface area (Å²) < 4.78 is 39.8. The van der Waals surface area contributed by atoms with Crippen molar-refractivity contribution in [3.63, 3.8) is 0 Å². The van der Waals surface area contributed by atoms with Gasteiger partial charge in [-0.25, -0.2) is 9.67 Å². The van der Waals surface area contributed by atoms with Crippen molar-refractivity contribution in [1.29, 1.82) is 0 Å². The van der Waals surface area contributed by atoms with Crippen LogP contribution in [0.4, 0.5) is 13.2 Å². The zero-order chi connectivity index (χ0) is 22.8. The van der Waals surface area contributed by atoms with Crippen LogP contribution < -0.4 is 5.32 Å². The van der Waals surface area contributed by atoms with Gasteiger partial charge in [0.15, 0.2) is 5.82 Å². The summed E-state index contributed by atoms with van der Waals surface area (Å²) >= 11 is 0. The molecule has 0 spiro atoms. The van der Waals surface area contributed by atoms with Crippen molar-refractivity contribution in [1.82, 2.24) is 20.1 Å². The van der Waals surface area contributed by atoms with Crippen LogP contribution in [0, 0.1) is 13.8 Å². The third kappa shape index (κ3) is 5.13. The van der Waals surface area contributed by atoms with Crippen molar-refractivity contribution in [2.24, 2.45) is 0 Å². The average molecular weight is 430 g/mol. The lowest BCUT2D eigenvalue weighted by atomic mass is 10.0. The number of amides is 1. The van der Waals surface area contributed by atoms with Crippen molar-refractivity contribution < 1.29 is 18.0 Å². The number of rotatable bonds is 6. The molecule has 1 atom stereocenters. The molecule has 3 rings (SSSR count). The zero-order valence-corrected chi connectivity index (χ0v) is 17.9. The van der Waals surface area contributed by atoms with E-state index >= 15 is 0 Å². The number of benzene rings is 1. The summed E-state index contributed by atoms with van der Waals surface area (Å²) in [7, 11) is 0. The molecule has 1 unspecified atom stereocenters. The minimum Gasteiger partial charge on any atom is -0.349 e. The second-order valence-corrected chi connectivity index (χ2v) is 7.53. The molecular formula is C23H25F3N4O. The summed E-state index contributed by atoms with van der Waals surface area (Å²) in [6.07, 6.45) is -2.59. The van der Waals surface area contributed by atoms with Crippen LogP contribution in [0.1, 0.15) is 53.5 Å². The number of hydrogen-bond acceptors (Lipinski definition) is 3. The topological polar surface area (TPSA) is 59.8 Å². The van der Waals surface area contributed by atoms with Crippen LogP contribution in [-0.4, -0.2) is 20.7 Å². The van der Waals surface area contributed by atoms with E-state index in [0.29, 0.717) is 11.4 Å². The average Bonchev–Trinajstić information content (AvgIpc) is 3.01. The predicted octanol–water partition coefficient (Wildman–Crippen LogP) is 4.89. The molecule has 0 aliphatic heterocycles. The van der Waals surface area contributed by atoms with Gasteiger partial charge in [-0.15, -0.1) is 0 Å². The van der Waals surface area contributed by atoms with E-state index in [9.17, 15) is 18.0 Å². The van der Waals surface area contributed by atoms with Crippen molar-refractivity contribution in [3.8, 4) is 5.82 Å². The van der Waals surface area contributed by atoms with Crippen LogP contribution in [-0.2, 0) is 23.8 Å². The number of nitrogens with one attached hydrogen (secondary N) is 1. The number of nitrogens with zero attached hydrogens (tertiary/aromatic N) is 3. The van der Waals surface area contributed by atoms with Crippen LogP contribution in [0.2, 0.25) is 0 Å². The van der Waals surface area contributed by atoms with Gasteiger partial charge in [0, 0.05) is 17.5 Å². The molecular weight excluding hydrogens is 405 g/mol. The number of pyridine rings is 1. The normalized spacial score (nSPS) is 12.6. The first kappa shape index (κ1) is 22.5. The predicted molar refractivity (Wildman–Crippen MR) is 112 cm³/mol. The molecule has 8 heteroatoms. The van der Waals surface area contributed by atoms with Gasteiger partial charge in [0.1, 0.15) is 0 Å². The fourth-order valence-electron chi connectivity index (χ4n) is 3.41. The smallest absolute Gasteiger partial charge is 0.349 e. The Morgan fingerprint density at radius 3 is 2.35 bits per heavy atom. The second kappa shape index (κ2) is 8.91. The second-order valence-electron chi connectivity index (χ2n) is 7.53. The lowest BCUT2D eigenvalue weighted by Crippen LogP contribution is -2.28. The van der Waals surface area contributed by atoms with Gasteiger partial charge in [0.2, 0.25) is 5.91 Å². The van der Waals surface area contributed by atoms with E-state index in [4.69, 9.17) is 0 Å². The molecule has 5 nitrogen and oxygen atoms in total. The summed E-state index contributed by atoms with van der Waals surface area (Å²) in [4.78, 5) is 16.5. The highest BCUT2D eigenvalue weighted by molar-refractivity contribution is 5.79. The SMILES string of the molecule is CCc1ccc(C(C)NC(=O)Cc2c(C)nn(-c3ccc(C(F)(F)F)cn3)c2C)cc1. The molecule has 0 radical (unpaired) electrons. The van der Waals surface area contributed by atoms with Gasteiger partial charge >= 0.3 is 6.18 Å². The minimum absolute atomic E-state index is 0.121. The highest BCUT2D eigenvalue weighted by Crippen LogP contribution is 2.29. The highest BCUT2D eigenvalue weighted by atomic mass is 19.4. The van der Waals surface area contributed by atoms with Gasteiger partial charge in [-0.2, -0.15) is 18.3 Å². The Morgan fingerprint density at radius 1 is 1.13 bits per heavy atom. The van der Waals surface area contributed by atoms with Crippen LogP contribution in [0.5, 0.6) is 0 Å². The molecule has 0 saturated heterocycles. The first-order chi connectivity index (χ1) is 14.6. The molecule has 1 N–H and O–H groups in total. The number of aryl methyl sites for hydroxylation is 2. The fraction of sp³-hybridized carbons (Fsp3) is 0.348. The van der Waals surface area contributed by atoms with E-state index in [1.165, 1.54) is 16.3 Å². The van der Waals surface area contributed by atoms with Gasteiger partial charge < -0.3 is 5.32 Å². The van der Waals surface area contributed by atoms with E-state index in [1.54, 1.807) is 13.8 Å². The number of carbonyl (C=O) groups excluding carboxylic acids is 1. The minimum atomic E-state index is -4.45. The molecule has 2 aromatic heterocycles. The summed E-state index contributed by atoms with van der Waals surface area (Å²) in [6.45, 7) is 7.55. The van der Waals surface area contributed by atoms with Crippen molar-refractivity contribution in [2.75, 3.05) is 0 Å². The molecule has 0 aliphatic carbocycles. The summed E-state index contributed by atoms with van der Waals surface area (Å²) in [5.41, 5.74) is 3.46. The van der Waals surface area contributed by atoms with Crippen LogP contribution in [0.25, 0.3) is 5.82 Å². The Labute approximate surface area is 179 Å². The molecule has 0 fully saturated rings. The maximum absolute atomic E-state index is 12.8. The van der Waals surface area contributed by atoms with Gasteiger partial charge in [0.25, 0.3) is 0 Å². The molecule has 3 aromatic rings. The number of hydrogen-bond donors (Lipinski definition) is 1. The zero-order valence-electron chi connectivity index (χ0n) is 17.9. The van der Waals surface area contributed by atoms with Crippen LogP contribution >= 0.6 is 0 Å². The Morgan fingerprint density at radius 2 is 1.81 bits per heavy atom. The number of carbonyl (C=O) groups is 1. The largest absolute Gasteiger partial charge is 0.417 e. The Bertz CT molecular complexity index is 1050. The lowest BCUT2D eigenvalue weighted by Gasteiger charge is -2.15. The summed E-state index contributed by atoms with van der Waals surface area (Å²) in [5, 5.41) is 7.37. The van der Waals surface area contributed by atoms with Gasteiger partial charge in [-0.3, -0.25) is 4.79 Å². The van der Waals surface area contributed by atoms with E-state index in [1.807, 2.05) is 31.2 Å². The number of aromatic nitrogens is 3. The fourth-order valence-corrected chi connectivity index (χ4v) is 3.41. The van der Waals surface area contributed by atoms with Crippen molar-refractivity contribution in [2.45, 2.75) is 52.8 Å². The standard InChI is InChI=1S/C23H25F3N4O/c1-5-17-6-8-18(9-7-17)14(2)28-22(31)12-20-15(3)29-30(16(20)4)21-11-10-19(13-27-21)23(24,25)26/h6-11,13-14H,5,12H2,1-4H3,(H,28,31). The van der Waals surface area contributed by atoms with Crippen molar-refractivity contribution in [3.05, 3.63) is 76.2 Å². The maximum atomic E-state index is 12.8. The molecule has 0 bridgehead atoms. The Balaban J connectivity index is 1.73.